The Bertz CT molecular complexity index is 470. The Kier molecular flexibility index (Phi) is 4.01. The zero-order valence-corrected chi connectivity index (χ0v) is 10.8. The maximum absolute atomic E-state index is 11.6. The fraction of sp³-hybridized carbons (Fsp3) is 0.385. The van der Waals surface area contributed by atoms with Gasteiger partial charge in [0.2, 0.25) is 5.91 Å². The molecule has 1 aliphatic rings. The van der Waals surface area contributed by atoms with Gasteiger partial charge in [0.1, 0.15) is 0 Å². The third-order valence-corrected chi connectivity index (χ3v) is 2.83. The van der Waals surface area contributed by atoms with Gasteiger partial charge >= 0.3 is 6.03 Å². The van der Waals surface area contributed by atoms with Gasteiger partial charge in [0.15, 0.2) is 0 Å². The summed E-state index contributed by atoms with van der Waals surface area (Å²) in [4.78, 5) is 24.7. The molecule has 1 atom stereocenters. The second kappa shape index (κ2) is 5.71. The number of hydrogen-bond acceptors (Lipinski definition) is 3. The average molecular weight is 262 g/mol. The van der Waals surface area contributed by atoms with Crippen LogP contribution >= 0.6 is 0 Å². The fourth-order valence-electron chi connectivity index (χ4n) is 1.95. The third-order valence-electron chi connectivity index (χ3n) is 2.83. The number of nitrogens with two attached hydrogens (primary N) is 1. The van der Waals surface area contributed by atoms with Crippen molar-refractivity contribution in [2.45, 2.75) is 19.4 Å². The van der Waals surface area contributed by atoms with Crippen molar-refractivity contribution in [3.63, 3.8) is 0 Å². The van der Waals surface area contributed by atoms with E-state index in [4.69, 9.17) is 5.73 Å². The van der Waals surface area contributed by atoms with E-state index in [-0.39, 0.29) is 24.4 Å². The third kappa shape index (κ3) is 3.45. The molecular weight excluding hydrogens is 244 g/mol. The van der Waals surface area contributed by atoms with Crippen LogP contribution in [0, 0.1) is 0 Å². The zero-order chi connectivity index (χ0) is 13.8. The molecule has 0 spiro atoms. The highest BCUT2D eigenvalue weighted by Crippen LogP contribution is 2.19. The number of rotatable bonds is 4. The maximum Gasteiger partial charge on any atom is 0.321 e. The van der Waals surface area contributed by atoms with Gasteiger partial charge in [0.25, 0.3) is 0 Å². The number of hydrogen-bond donors (Lipinski definition) is 3. The Hall–Kier alpha value is -2.08. The second-order valence-electron chi connectivity index (χ2n) is 4.66. The van der Waals surface area contributed by atoms with Crippen LogP contribution in [-0.4, -0.2) is 31.1 Å². The lowest BCUT2D eigenvalue weighted by Gasteiger charge is -2.15. The number of urea groups is 1. The molecule has 1 fully saturated rings. The average Bonchev–Trinajstić information content (AvgIpc) is 2.75. The molecule has 1 aromatic rings. The molecule has 3 amide bonds. The van der Waals surface area contributed by atoms with Crippen LogP contribution in [0.2, 0.25) is 0 Å². The number of anilines is 2. The zero-order valence-electron chi connectivity index (χ0n) is 10.8. The number of amides is 3. The van der Waals surface area contributed by atoms with Gasteiger partial charge in [-0.1, -0.05) is 0 Å². The lowest BCUT2D eigenvalue weighted by Crippen LogP contribution is -2.27. The molecule has 19 heavy (non-hydrogen) atoms. The normalized spacial score (nSPS) is 16.1. The Morgan fingerprint density at radius 2 is 2.16 bits per heavy atom. The molecule has 6 heteroatoms. The first-order chi connectivity index (χ1) is 9.06. The van der Waals surface area contributed by atoms with E-state index in [2.05, 4.69) is 10.6 Å². The van der Waals surface area contributed by atoms with Gasteiger partial charge in [-0.2, -0.15) is 0 Å². The van der Waals surface area contributed by atoms with Crippen molar-refractivity contribution in [3.8, 4) is 0 Å². The van der Waals surface area contributed by atoms with Crippen molar-refractivity contribution in [2.75, 3.05) is 23.3 Å². The molecule has 1 aromatic carbocycles. The van der Waals surface area contributed by atoms with Gasteiger partial charge in [0, 0.05) is 36.9 Å². The highest BCUT2D eigenvalue weighted by atomic mass is 16.2. The molecule has 0 saturated carbocycles. The number of carbonyl (C=O) groups excluding carboxylic acids is 2. The van der Waals surface area contributed by atoms with Crippen LogP contribution < -0.4 is 21.3 Å². The second-order valence-corrected chi connectivity index (χ2v) is 4.66. The molecule has 1 unspecified atom stereocenters. The Morgan fingerprint density at radius 3 is 2.68 bits per heavy atom. The molecular formula is C13H18N4O2. The molecule has 0 aliphatic carbocycles. The quantitative estimate of drug-likeness (QED) is 0.753. The van der Waals surface area contributed by atoms with Gasteiger partial charge in [0.05, 0.1) is 0 Å². The van der Waals surface area contributed by atoms with Crippen LogP contribution in [-0.2, 0) is 4.79 Å². The van der Waals surface area contributed by atoms with Crippen molar-refractivity contribution < 1.29 is 9.59 Å². The largest absolute Gasteiger partial charge is 0.336 e. The summed E-state index contributed by atoms with van der Waals surface area (Å²) in [6.45, 7) is 3.11. The molecule has 0 bridgehead atoms. The van der Waals surface area contributed by atoms with Crippen LogP contribution in [0.3, 0.4) is 0 Å². The van der Waals surface area contributed by atoms with Gasteiger partial charge in [-0.15, -0.1) is 0 Å². The molecule has 1 saturated heterocycles. The summed E-state index contributed by atoms with van der Waals surface area (Å²) in [6, 6.07) is 6.93. The number of nitrogens with zero attached hydrogens (tertiary/aromatic N) is 1. The summed E-state index contributed by atoms with van der Waals surface area (Å²) < 4.78 is 0. The number of carbonyl (C=O) groups is 2. The molecule has 0 radical (unpaired) electrons. The summed E-state index contributed by atoms with van der Waals surface area (Å²) in [5, 5.41) is 5.50. The van der Waals surface area contributed by atoms with Gasteiger partial charge < -0.3 is 16.4 Å². The predicted octanol–water partition coefficient (Wildman–Crippen LogP) is 0.892. The Labute approximate surface area is 112 Å². The summed E-state index contributed by atoms with van der Waals surface area (Å²) >= 11 is 0. The predicted molar refractivity (Wildman–Crippen MR) is 74.1 cm³/mol. The molecule has 1 aliphatic heterocycles. The van der Waals surface area contributed by atoms with Gasteiger partial charge in [-0.25, -0.2) is 4.79 Å². The molecule has 1 heterocycles. The van der Waals surface area contributed by atoms with Crippen molar-refractivity contribution in [2.24, 2.45) is 5.73 Å². The van der Waals surface area contributed by atoms with E-state index in [1.807, 2.05) is 12.1 Å². The summed E-state index contributed by atoms with van der Waals surface area (Å²) in [5.74, 6) is -0.110. The van der Waals surface area contributed by atoms with Crippen molar-refractivity contribution in [1.29, 1.82) is 0 Å². The van der Waals surface area contributed by atoms with E-state index in [0.29, 0.717) is 18.8 Å². The van der Waals surface area contributed by atoms with E-state index in [9.17, 15) is 9.59 Å². The molecule has 0 aromatic heterocycles. The molecule has 4 N–H and O–H groups in total. The lowest BCUT2D eigenvalue weighted by atomic mass is 10.2. The maximum atomic E-state index is 11.6. The van der Waals surface area contributed by atoms with Crippen LogP contribution in [0.4, 0.5) is 16.2 Å². The van der Waals surface area contributed by atoms with Crippen LogP contribution in [0.25, 0.3) is 0 Å². The highest BCUT2D eigenvalue weighted by Gasteiger charge is 2.20. The molecule has 2 rings (SSSR count). The first-order valence-corrected chi connectivity index (χ1v) is 6.27. The van der Waals surface area contributed by atoms with E-state index < -0.39 is 0 Å². The topological polar surface area (TPSA) is 87.5 Å². The van der Waals surface area contributed by atoms with E-state index in [1.165, 1.54) is 0 Å². The van der Waals surface area contributed by atoms with Crippen LogP contribution in [0.5, 0.6) is 0 Å². The minimum Gasteiger partial charge on any atom is -0.336 e. The minimum atomic E-state index is -0.160. The van der Waals surface area contributed by atoms with Crippen molar-refractivity contribution in [3.05, 3.63) is 24.3 Å². The van der Waals surface area contributed by atoms with Crippen LogP contribution in [0.1, 0.15) is 13.3 Å². The van der Waals surface area contributed by atoms with Crippen molar-refractivity contribution in [1.82, 2.24) is 5.32 Å². The first-order valence-electron chi connectivity index (χ1n) is 6.27. The monoisotopic (exact) mass is 262 g/mol. The summed E-state index contributed by atoms with van der Waals surface area (Å²) in [6.07, 6.45) is 0.288. The lowest BCUT2D eigenvalue weighted by molar-refractivity contribution is -0.116. The number of nitrogens with one attached hydrogen (secondary N) is 2. The van der Waals surface area contributed by atoms with Gasteiger partial charge in [-0.05, 0) is 31.2 Å². The van der Waals surface area contributed by atoms with E-state index in [1.54, 1.807) is 24.0 Å². The van der Waals surface area contributed by atoms with Crippen molar-refractivity contribution >= 4 is 23.3 Å². The van der Waals surface area contributed by atoms with Gasteiger partial charge in [-0.3, -0.25) is 9.69 Å². The Morgan fingerprint density at radius 1 is 1.47 bits per heavy atom. The Balaban J connectivity index is 1.98. The summed E-state index contributed by atoms with van der Waals surface area (Å²) in [7, 11) is 0. The van der Waals surface area contributed by atoms with Crippen LogP contribution in [0.15, 0.2) is 24.3 Å². The standard InChI is InChI=1S/C13H18N4O2/c1-9(14)8-12(18)16-10-2-4-11(5-3-10)17-7-6-15-13(17)19/h2-5,9H,6-8,14H2,1H3,(H,15,19)(H,16,18). The molecule has 102 valence electrons. The smallest absolute Gasteiger partial charge is 0.321 e. The number of benzene rings is 1. The summed E-state index contributed by atoms with van der Waals surface area (Å²) in [5.41, 5.74) is 7.08. The first kappa shape index (κ1) is 13.4. The van der Waals surface area contributed by atoms with E-state index in [0.717, 1.165) is 5.69 Å². The molecule has 6 nitrogen and oxygen atoms in total. The minimum absolute atomic E-state index is 0.0891. The fourth-order valence-corrected chi connectivity index (χ4v) is 1.95. The van der Waals surface area contributed by atoms with E-state index >= 15 is 0 Å². The highest BCUT2D eigenvalue weighted by molar-refractivity contribution is 5.95. The SMILES string of the molecule is CC(N)CC(=O)Nc1ccc(N2CCNC2=O)cc1.